The Morgan fingerprint density at radius 1 is 1.53 bits per heavy atom. The highest BCUT2D eigenvalue weighted by molar-refractivity contribution is 5.81. The van der Waals surface area contributed by atoms with E-state index in [4.69, 9.17) is 15.2 Å². The van der Waals surface area contributed by atoms with Crippen LogP contribution in [-0.2, 0) is 14.3 Å². The minimum atomic E-state index is -0.486. The maximum absolute atomic E-state index is 12.0. The molecule has 5 nitrogen and oxygen atoms in total. The van der Waals surface area contributed by atoms with Crippen molar-refractivity contribution in [2.45, 2.75) is 63.6 Å². The third-order valence-corrected chi connectivity index (χ3v) is 4.10. The zero-order chi connectivity index (χ0) is 14.3. The van der Waals surface area contributed by atoms with Gasteiger partial charge in [-0.25, -0.2) is 0 Å². The monoisotopic (exact) mass is 272 g/mol. The molecule has 3 N–H and O–H groups in total. The number of methoxy groups -OCH3 is 1. The van der Waals surface area contributed by atoms with Crippen LogP contribution in [0.25, 0.3) is 0 Å². The first-order chi connectivity index (χ1) is 9.06. The molecule has 0 saturated carbocycles. The molecule has 2 unspecified atom stereocenters. The van der Waals surface area contributed by atoms with Gasteiger partial charge in [-0.05, 0) is 32.1 Å². The first kappa shape index (κ1) is 16.4. The largest absolute Gasteiger partial charge is 0.385 e. The third-order valence-electron chi connectivity index (χ3n) is 4.10. The smallest absolute Gasteiger partial charge is 0.237 e. The summed E-state index contributed by atoms with van der Waals surface area (Å²) in [4.78, 5) is 12.0. The zero-order valence-electron chi connectivity index (χ0n) is 12.4. The van der Waals surface area contributed by atoms with Gasteiger partial charge in [0, 0.05) is 26.4 Å². The molecule has 19 heavy (non-hydrogen) atoms. The van der Waals surface area contributed by atoms with Gasteiger partial charge in [0.15, 0.2) is 0 Å². The van der Waals surface area contributed by atoms with Crippen LogP contribution in [0, 0.1) is 0 Å². The summed E-state index contributed by atoms with van der Waals surface area (Å²) in [6.45, 7) is 5.49. The fourth-order valence-corrected chi connectivity index (χ4v) is 2.58. The van der Waals surface area contributed by atoms with Gasteiger partial charge in [0.05, 0.1) is 11.6 Å². The number of carbonyl (C=O) groups is 1. The Morgan fingerprint density at radius 2 is 2.21 bits per heavy atom. The Hall–Kier alpha value is -0.650. The molecule has 1 rings (SSSR count). The van der Waals surface area contributed by atoms with E-state index < -0.39 is 6.04 Å². The van der Waals surface area contributed by atoms with Crippen molar-refractivity contribution in [2.24, 2.45) is 5.73 Å². The summed E-state index contributed by atoms with van der Waals surface area (Å²) < 4.78 is 10.8. The average molecular weight is 272 g/mol. The van der Waals surface area contributed by atoms with Gasteiger partial charge in [0.2, 0.25) is 5.91 Å². The number of nitrogens with two attached hydrogens (primary N) is 1. The highest BCUT2D eigenvalue weighted by Crippen LogP contribution is 2.31. The number of carbonyl (C=O) groups excluding carboxylic acids is 1. The molecular formula is C14H28N2O3. The van der Waals surface area contributed by atoms with Crippen LogP contribution in [-0.4, -0.2) is 43.9 Å². The summed E-state index contributed by atoms with van der Waals surface area (Å²) in [7, 11) is 1.61. The van der Waals surface area contributed by atoms with E-state index in [0.717, 1.165) is 25.7 Å². The van der Waals surface area contributed by atoms with Crippen molar-refractivity contribution in [3.63, 3.8) is 0 Å². The molecule has 112 valence electrons. The highest BCUT2D eigenvalue weighted by Gasteiger charge is 2.35. The SMILES string of the molecule is CCC1(CC)CC(NC(=O)C(N)CCOC)CCO1. The Balaban J connectivity index is 2.45. The van der Waals surface area contributed by atoms with Crippen LogP contribution >= 0.6 is 0 Å². The van der Waals surface area contributed by atoms with E-state index in [2.05, 4.69) is 19.2 Å². The predicted molar refractivity (Wildman–Crippen MR) is 74.9 cm³/mol. The van der Waals surface area contributed by atoms with Gasteiger partial charge >= 0.3 is 0 Å². The van der Waals surface area contributed by atoms with Gasteiger partial charge in [0.1, 0.15) is 0 Å². The first-order valence-electron chi connectivity index (χ1n) is 7.25. The number of rotatable bonds is 7. The van der Waals surface area contributed by atoms with E-state index in [0.29, 0.717) is 19.6 Å². The van der Waals surface area contributed by atoms with Gasteiger partial charge in [0.25, 0.3) is 0 Å². The summed E-state index contributed by atoms with van der Waals surface area (Å²) in [5, 5.41) is 3.05. The van der Waals surface area contributed by atoms with Crippen LogP contribution < -0.4 is 11.1 Å². The van der Waals surface area contributed by atoms with Crippen LogP contribution in [0.5, 0.6) is 0 Å². The van der Waals surface area contributed by atoms with E-state index in [1.807, 2.05) is 0 Å². The molecule has 2 atom stereocenters. The Labute approximate surface area is 116 Å². The van der Waals surface area contributed by atoms with Crippen LogP contribution in [0.1, 0.15) is 46.0 Å². The van der Waals surface area contributed by atoms with Crippen molar-refractivity contribution in [3.05, 3.63) is 0 Å². The van der Waals surface area contributed by atoms with Gasteiger partial charge in [-0.3, -0.25) is 4.79 Å². The molecule has 1 amide bonds. The molecule has 0 aromatic rings. The Kier molecular flexibility index (Phi) is 6.75. The molecule has 1 saturated heterocycles. The van der Waals surface area contributed by atoms with Crippen molar-refractivity contribution in [1.29, 1.82) is 0 Å². The average Bonchev–Trinajstić information content (AvgIpc) is 2.44. The van der Waals surface area contributed by atoms with E-state index in [1.165, 1.54) is 0 Å². The molecule has 1 aliphatic rings. The lowest BCUT2D eigenvalue weighted by Gasteiger charge is -2.40. The second kappa shape index (κ2) is 7.82. The topological polar surface area (TPSA) is 73.6 Å². The molecule has 1 aliphatic heterocycles. The van der Waals surface area contributed by atoms with E-state index in [-0.39, 0.29) is 17.6 Å². The van der Waals surface area contributed by atoms with Crippen molar-refractivity contribution in [3.8, 4) is 0 Å². The van der Waals surface area contributed by atoms with E-state index in [1.54, 1.807) is 7.11 Å². The van der Waals surface area contributed by atoms with Crippen LogP contribution in [0.15, 0.2) is 0 Å². The number of hydrogen-bond donors (Lipinski definition) is 2. The summed E-state index contributed by atoms with van der Waals surface area (Å²) in [6.07, 6.45) is 4.25. The maximum Gasteiger partial charge on any atom is 0.237 e. The quantitative estimate of drug-likeness (QED) is 0.730. The van der Waals surface area contributed by atoms with Gasteiger partial charge in [-0.15, -0.1) is 0 Å². The summed E-state index contributed by atoms with van der Waals surface area (Å²) in [5.74, 6) is -0.0787. The molecular weight excluding hydrogens is 244 g/mol. The normalized spacial score (nSPS) is 23.9. The molecule has 0 spiro atoms. The van der Waals surface area contributed by atoms with Gasteiger partial charge < -0.3 is 20.5 Å². The van der Waals surface area contributed by atoms with E-state index in [9.17, 15) is 4.79 Å². The molecule has 0 aromatic heterocycles. The second-order valence-corrected chi connectivity index (χ2v) is 5.32. The maximum atomic E-state index is 12.0. The molecule has 0 aromatic carbocycles. The Bertz CT molecular complexity index is 280. The third kappa shape index (κ3) is 4.75. The predicted octanol–water partition coefficient (Wildman–Crippen LogP) is 1.20. The van der Waals surface area contributed by atoms with Crippen LogP contribution in [0.4, 0.5) is 0 Å². The zero-order valence-corrected chi connectivity index (χ0v) is 12.4. The van der Waals surface area contributed by atoms with Crippen molar-refractivity contribution in [1.82, 2.24) is 5.32 Å². The molecule has 5 heteroatoms. The highest BCUT2D eigenvalue weighted by atomic mass is 16.5. The Morgan fingerprint density at radius 3 is 2.79 bits per heavy atom. The van der Waals surface area contributed by atoms with Crippen molar-refractivity contribution in [2.75, 3.05) is 20.3 Å². The van der Waals surface area contributed by atoms with Gasteiger partial charge in [-0.2, -0.15) is 0 Å². The van der Waals surface area contributed by atoms with Crippen LogP contribution in [0.3, 0.4) is 0 Å². The fraction of sp³-hybridized carbons (Fsp3) is 0.929. The number of amides is 1. The number of nitrogens with one attached hydrogen (secondary N) is 1. The summed E-state index contributed by atoms with van der Waals surface area (Å²) in [6, 6.07) is -0.310. The number of hydrogen-bond acceptors (Lipinski definition) is 4. The van der Waals surface area contributed by atoms with Crippen LogP contribution in [0.2, 0.25) is 0 Å². The molecule has 0 radical (unpaired) electrons. The molecule has 0 bridgehead atoms. The fourth-order valence-electron chi connectivity index (χ4n) is 2.58. The standard InChI is InChI=1S/C14H28N2O3/c1-4-14(5-2)10-11(6-9-19-14)16-13(17)12(15)7-8-18-3/h11-12H,4-10,15H2,1-3H3,(H,16,17). The van der Waals surface area contributed by atoms with Crippen molar-refractivity contribution >= 4 is 5.91 Å². The van der Waals surface area contributed by atoms with E-state index >= 15 is 0 Å². The van der Waals surface area contributed by atoms with Crippen molar-refractivity contribution < 1.29 is 14.3 Å². The molecule has 0 aliphatic carbocycles. The number of ether oxygens (including phenoxy) is 2. The minimum Gasteiger partial charge on any atom is -0.385 e. The minimum absolute atomic E-state index is 0.0766. The lowest BCUT2D eigenvalue weighted by atomic mass is 9.86. The summed E-state index contributed by atoms with van der Waals surface area (Å²) in [5.41, 5.74) is 5.75. The first-order valence-corrected chi connectivity index (χ1v) is 7.25. The lowest BCUT2D eigenvalue weighted by Crippen LogP contribution is -2.52. The molecule has 1 fully saturated rings. The lowest BCUT2D eigenvalue weighted by molar-refractivity contribution is -0.127. The molecule has 1 heterocycles. The second-order valence-electron chi connectivity index (χ2n) is 5.32. The summed E-state index contributed by atoms with van der Waals surface area (Å²) >= 11 is 0. The van der Waals surface area contributed by atoms with Gasteiger partial charge in [-0.1, -0.05) is 13.8 Å².